The van der Waals surface area contributed by atoms with E-state index in [2.05, 4.69) is 32.2 Å². The largest absolute Gasteiger partial charge is 0.573 e. The fraction of sp³-hybridized carbons (Fsp3) is 0.364. The van der Waals surface area contributed by atoms with Gasteiger partial charge in [-0.05, 0) is 31.3 Å². The van der Waals surface area contributed by atoms with Gasteiger partial charge in [0.25, 0.3) is 11.8 Å². The number of amides is 2. The Kier molecular flexibility index (Phi) is 7.88. The number of nitrogens with zero attached hydrogens (tertiary/aromatic N) is 2. The first kappa shape index (κ1) is 24.5. The lowest BCUT2D eigenvalue weighted by Crippen LogP contribution is -2.46. The van der Waals surface area contributed by atoms with Gasteiger partial charge >= 0.3 is 6.36 Å². The van der Waals surface area contributed by atoms with Crippen molar-refractivity contribution in [3.63, 3.8) is 0 Å². The number of piperazine rings is 1. The fourth-order valence-corrected chi connectivity index (χ4v) is 3.35. The standard InChI is InChI=1S/C22H24F4N4O3/c1-29-10-12-30(13-11-29)9-8-27-20(31)17-4-2-3-5-19(17)28-21(32)16-7-6-15(14-18(16)23)33-22(24,25)26/h2-7,14H,8-13H2,1H3,(H,27,31)(H,28,32). The number of carbonyl (C=O) groups is 2. The molecule has 0 aromatic heterocycles. The van der Waals surface area contributed by atoms with Gasteiger partial charge in [-0.25, -0.2) is 4.39 Å². The van der Waals surface area contributed by atoms with Crippen molar-refractivity contribution in [2.45, 2.75) is 6.36 Å². The second-order valence-electron chi connectivity index (χ2n) is 7.59. The summed E-state index contributed by atoms with van der Waals surface area (Å²) in [5, 5.41) is 5.25. The number of nitrogens with one attached hydrogen (secondary N) is 2. The molecule has 2 N–H and O–H groups in total. The van der Waals surface area contributed by atoms with Gasteiger partial charge in [-0.2, -0.15) is 0 Å². The van der Waals surface area contributed by atoms with Gasteiger partial charge in [-0.1, -0.05) is 12.1 Å². The third kappa shape index (κ3) is 7.16. The van der Waals surface area contributed by atoms with Crippen LogP contribution in [0.2, 0.25) is 0 Å². The van der Waals surface area contributed by atoms with E-state index in [-0.39, 0.29) is 11.3 Å². The van der Waals surface area contributed by atoms with Crippen LogP contribution in [0.1, 0.15) is 20.7 Å². The van der Waals surface area contributed by atoms with Crippen molar-refractivity contribution in [1.82, 2.24) is 15.1 Å². The summed E-state index contributed by atoms with van der Waals surface area (Å²) in [5.41, 5.74) is -0.161. The number of carbonyl (C=O) groups excluding carboxylic acids is 2. The highest BCUT2D eigenvalue weighted by molar-refractivity contribution is 6.09. The number of halogens is 4. The van der Waals surface area contributed by atoms with Crippen LogP contribution < -0.4 is 15.4 Å². The Morgan fingerprint density at radius 3 is 2.36 bits per heavy atom. The maximum atomic E-state index is 14.2. The number of benzene rings is 2. The van der Waals surface area contributed by atoms with Crippen molar-refractivity contribution in [2.75, 3.05) is 51.6 Å². The monoisotopic (exact) mass is 468 g/mol. The van der Waals surface area contributed by atoms with Gasteiger partial charge in [0, 0.05) is 45.3 Å². The van der Waals surface area contributed by atoms with E-state index >= 15 is 0 Å². The summed E-state index contributed by atoms with van der Waals surface area (Å²) in [4.78, 5) is 29.6. The molecule has 2 aromatic carbocycles. The molecule has 0 spiro atoms. The third-order valence-electron chi connectivity index (χ3n) is 5.15. The van der Waals surface area contributed by atoms with Gasteiger partial charge in [-0.15, -0.1) is 13.2 Å². The fourth-order valence-electron chi connectivity index (χ4n) is 3.35. The molecule has 3 rings (SSSR count). The predicted molar refractivity (Wildman–Crippen MR) is 114 cm³/mol. The molecule has 0 unspecified atom stereocenters. The number of anilines is 1. The molecule has 0 atom stereocenters. The van der Waals surface area contributed by atoms with Crippen LogP contribution in [0.15, 0.2) is 42.5 Å². The minimum atomic E-state index is -4.98. The lowest BCUT2D eigenvalue weighted by molar-refractivity contribution is -0.274. The maximum absolute atomic E-state index is 14.2. The van der Waals surface area contributed by atoms with Crippen molar-refractivity contribution in [1.29, 1.82) is 0 Å². The van der Waals surface area contributed by atoms with Gasteiger partial charge < -0.3 is 20.3 Å². The first-order valence-corrected chi connectivity index (χ1v) is 10.3. The van der Waals surface area contributed by atoms with Crippen molar-refractivity contribution in [3.8, 4) is 5.75 Å². The minimum Gasteiger partial charge on any atom is -0.406 e. The van der Waals surface area contributed by atoms with Crippen LogP contribution in [0.5, 0.6) is 5.75 Å². The Labute approximate surface area is 188 Å². The quantitative estimate of drug-likeness (QED) is 0.612. The highest BCUT2D eigenvalue weighted by Crippen LogP contribution is 2.25. The first-order chi connectivity index (χ1) is 15.6. The number of likely N-dealkylation sites (N-methyl/N-ethyl adjacent to an activating group) is 1. The maximum Gasteiger partial charge on any atom is 0.573 e. The molecule has 1 aliphatic rings. The van der Waals surface area contributed by atoms with Crippen molar-refractivity contribution < 1.29 is 31.9 Å². The van der Waals surface area contributed by atoms with E-state index in [4.69, 9.17) is 0 Å². The Hall–Kier alpha value is -3.18. The predicted octanol–water partition coefficient (Wildman–Crippen LogP) is 2.95. The Bertz CT molecular complexity index is 992. The zero-order chi connectivity index (χ0) is 24.0. The van der Waals surface area contributed by atoms with Crippen molar-refractivity contribution in [2.24, 2.45) is 0 Å². The van der Waals surface area contributed by atoms with Crippen LogP contribution in [0, 0.1) is 5.82 Å². The zero-order valence-electron chi connectivity index (χ0n) is 17.9. The molecule has 1 aliphatic heterocycles. The summed E-state index contributed by atoms with van der Waals surface area (Å²) >= 11 is 0. The normalized spacial score (nSPS) is 15.2. The van der Waals surface area contributed by atoms with Crippen molar-refractivity contribution in [3.05, 3.63) is 59.4 Å². The molecule has 11 heteroatoms. The van der Waals surface area contributed by atoms with E-state index in [0.29, 0.717) is 19.2 Å². The molecule has 0 bridgehead atoms. The number of ether oxygens (including phenoxy) is 1. The summed E-state index contributed by atoms with van der Waals surface area (Å²) in [7, 11) is 2.06. The number of hydrogen-bond donors (Lipinski definition) is 2. The van der Waals surface area contributed by atoms with E-state index < -0.39 is 35.3 Å². The van der Waals surface area contributed by atoms with Crippen LogP contribution in [0.4, 0.5) is 23.2 Å². The molecule has 1 fully saturated rings. The molecule has 2 amide bonds. The summed E-state index contributed by atoms with van der Waals surface area (Å²) in [6.45, 7) is 4.85. The third-order valence-corrected chi connectivity index (χ3v) is 5.15. The van der Waals surface area contributed by atoms with E-state index in [1.165, 1.54) is 12.1 Å². The Morgan fingerprint density at radius 1 is 1.00 bits per heavy atom. The number of rotatable bonds is 7. The Morgan fingerprint density at radius 2 is 1.70 bits per heavy atom. The second kappa shape index (κ2) is 10.6. The average Bonchev–Trinajstić information content (AvgIpc) is 2.74. The highest BCUT2D eigenvalue weighted by Gasteiger charge is 2.31. The van der Waals surface area contributed by atoms with Gasteiger partial charge in [0.05, 0.1) is 16.8 Å². The number of hydrogen-bond acceptors (Lipinski definition) is 5. The Balaban J connectivity index is 1.61. The summed E-state index contributed by atoms with van der Waals surface area (Å²) < 4.78 is 54.7. The zero-order valence-corrected chi connectivity index (χ0v) is 17.9. The molecule has 33 heavy (non-hydrogen) atoms. The van der Waals surface area contributed by atoms with Crippen LogP contribution in [0.25, 0.3) is 0 Å². The molecule has 7 nitrogen and oxygen atoms in total. The molecular weight excluding hydrogens is 444 g/mol. The van der Waals surface area contributed by atoms with Crippen LogP contribution in [-0.4, -0.2) is 74.3 Å². The van der Waals surface area contributed by atoms with E-state index in [1.807, 2.05) is 0 Å². The first-order valence-electron chi connectivity index (χ1n) is 10.3. The lowest BCUT2D eigenvalue weighted by Gasteiger charge is -2.32. The molecule has 0 radical (unpaired) electrons. The van der Waals surface area contributed by atoms with Gasteiger partial charge in [-0.3, -0.25) is 14.5 Å². The number of alkyl halides is 3. The van der Waals surface area contributed by atoms with Crippen molar-refractivity contribution >= 4 is 17.5 Å². The molecule has 0 aliphatic carbocycles. The molecule has 178 valence electrons. The number of para-hydroxylation sites is 1. The highest BCUT2D eigenvalue weighted by atomic mass is 19.4. The van der Waals surface area contributed by atoms with Gasteiger partial charge in [0.2, 0.25) is 0 Å². The van der Waals surface area contributed by atoms with E-state index in [0.717, 1.165) is 38.3 Å². The van der Waals surface area contributed by atoms with E-state index in [1.54, 1.807) is 12.1 Å². The molecule has 0 saturated carbocycles. The van der Waals surface area contributed by atoms with Crippen LogP contribution >= 0.6 is 0 Å². The SMILES string of the molecule is CN1CCN(CCNC(=O)c2ccccc2NC(=O)c2ccc(OC(F)(F)F)cc2F)CC1. The lowest BCUT2D eigenvalue weighted by atomic mass is 10.1. The molecular formula is C22H24F4N4O3. The average molecular weight is 468 g/mol. The van der Waals surface area contributed by atoms with Crippen LogP contribution in [-0.2, 0) is 0 Å². The summed E-state index contributed by atoms with van der Waals surface area (Å²) in [5.74, 6) is -3.29. The topological polar surface area (TPSA) is 73.9 Å². The van der Waals surface area contributed by atoms with Crippen LogP contribution in [0.3, 0.4) is 0 Å². The molecule has 1 saturated heterocycles. The second-order valence-corrected chi connectivity index (χ2v) is 7.59. The smallest absolute Gasteiger partial charge is 0.406 e. The van der Waals surface area contributed by atoms with Gasteiger partial charge in [0.1, 0.15) is 11.6 Å². The van der Waals surface area contributed by atoms with E-state index in [9.17, 15) is 27.2 Å². The summed E-state index contributed by atoms with van der Waals surface area (Å²) in [6, 6.07) is 8.39. The molecule has 1 heterocycles. The molecule has 2 aromatic rings. The minimum absolute atomic E-state index is 0.148. The summed E-state index contributed by atoms with van der Waals surface area (Å²) in [6.07, 6.45) is -4.98. The van der Waals surface area contributed by atoms with Gasteiger partial charge in [0.15, 0.2) is 0 Å².